The molecule has 1 aliphatic carbocycles. The lowest BCUT2D eigenvalue weighted by atomic mass is 10.1. The number of rotatable bonds is 6. The Bertz CT molecular complexity index is 1340. The van der Waals surface area contributed by atoms with Crippen molar-refractivity contribution in [3.63, 3.8) is 0 Å². The van der Waals surface area contributed by atoms with E-state index in [0.29, 0.717) is 0 Å². The molecule has 1 saturated carbocycles. The minimum absolute atomic E-state index is 0.828. The summed E-state index contributed by atoms with van der Waals surface area (Å²) in [5.74, 6) is 0.828. The van der Waals surface area contributed by atoms with E-state index in [-0.39, 0.29) is 0 Å². The molecule has 5 heterocycles. The zero-order chi connectivity index (χ0) is 21.3. The molecule has 32 heavy (non-hydrogen) atoms. The average molecular weight is 424 g/mol. The number of aromatic amines is 2. The average Bonchev–Trinajstić information content (AvgIpc) is 3.58. The second-order valence-corrected chi connectivity index (χ2v) is 8.67. The number of aromatic nitrogens is 6. The molecule has 3 N–H and O–H groups in total. The smallest absolute Gasteiger partial charge is 0.116 e. The number of nitrogens with one attached hydrogen (secondary N) is 3. The highest BCUT2D eigenvalue weighted by Crippen LogP contribution is 2.30. The topological polar surface area (TPSA) is 95.2 Å². The van der Waals surface area contributed by atoms with Gasteiger partial charge in [-0.1, -0.05) is 12.8 Å². The summed E-state index contributed by atoms with van der Waals surface area (Å²) in [7, 11) is 0. The van der Waals surface area contributed by atoms with Gasteiger partial charge >= 0.3 is 0 Å². The monoisotopic (exact) mass is 423 g/mol. The second kappa shape index (κ2) is 8.16. The van der Waals surface area contributed by atoms with Crippen LogP contribution in [0.25, 0.3) is 44.6 Å². The molecule has 0 aliphatic heterocycles. The Hall–Kier alpha value is -3.58. The molecule has 0 atom stereocenters. The Kier molecular flexibility index (Phi) is 4.88. The molecule has 0 saturated heterocycles. The highest BCUT2D eigenvalue weighted by molar-refractivity contribution is 5.96. The maximum atomic E-state index is 4.66. The van der Waals surface area contributed by atoms with E-state index in [1.807, 2.05) is 36.8 Å². The summed E-state index contributed by atoms with van der Waals surface area (Å²) in [6.45, 7) is 1.92. The van der Waals surface area contributed by atoms with Crippen molar-refractivity contribution in [2.45, 2.75) is 32.2 Å². The highest BCUT2D eigenvalue weighted by atomic mass is 15.1. The van der Waals surface area contributed by atoms with Crippen molar-refractivity contribution in [1.82, 2.24) is 35.5 Å². The molecule has 0 unspecified atom stereocenters. The number of nitrogens with zero attached hydrogens (tertiary/aromatic N) is 4. The van der Waals surface area contributed by atoms with E-state index in [0.717, 1.165) is 63.6 Å². The van der Waals surface area contributed by atoms with E-state index < -0.39 is 0 Å². The molecular weight excluding hydrogens is 398 g/mol. The van der Waals surface area contributed by atoms with Crippen LogP contribution < -0.4 is 5.32 Å². The molecule has 160 valence electrons. The van der Waals surface area contributed by atoms with E-state index >= 15 is 0 Å². The largest absolute Gasteiger partial charge is 0.352 e. The molecule has 0 amide bonds. The van der Waals surface area contributed by atoms with E-state index in [2.05, 4.69) is 47.6 Å². The highest BCUT2D eigenvalue weighted by Gasteiger charge is 2.15. The molecule has 0 aromatic carbocycles. The summed E-state index contributed by atoms with van der Waals surface area (Å²) >= 11 is 0. The Balaban J connectivity index is 1.28. The van der Waals surface area contributed by atoms with Crippen LogP contribution >= 0.6 is 0 Å². The van der Waals surface area contributed by atoms with E-state index in [9.17, 15) is 0 Å². The van der Waals surface area contributed by atoms with Gasteiger partial charge < -0.3 is 10.3 Å². The zero-order valence-electron chi connectivity index (χ0n) is 17.8. The van der Waals surface area contributed by atoms with Gasteiger partial charge in [0.05, 0.1) is 34.1 Å². The third-order valence-corrected chi connectivity index (χ3v) is 6.42. The molecule has 6 rings (SSSR count). The van der Waals surface area contributed by atoms with Gasteiger partial charge in [-0.2, -0.15) is 5.10 Å². The van der Waals surface area contributed by atoms with Gasteiger partial charge in [0.1, 0.15) is 5.69 Å². The zero-order valence-corrected chi connectivity index (χ0v) is 17.8. The number of fused-ring (bicyclic) bond motifs is 2. The lowest BCUT2D eigenvalue weighted by Gasteiger charge is -2.11. The molecule has 0 bridgehead atoms. The predicted molar refractivity (Wildman–Crippen MR) is 126 cm³/mol. The van der Waals surface area contributed by atoms with Gasteiger partial charge in [0, 0.05) is 36.1 Å². The van der Waals surface area contributed by atoms with Crippen LogP contribution in [0, 0.1) is 5.92 Å². The maximum Gasteiger partial charge on any atom is 0.116 e. The van der Waals surface area contributed by atoms with Gasteiger partial charge in [0.25, 0.3) is 0 Å². The third-order valence-electron chi connectivity index (χ3n) is 6.42. The van der Waals surface area contributed by atoms with Crippen molar-refractivity contribution < 1.29 is 0 Å². The predicted octanol–water partition coefficient (Wildman–Crippen LogP) is 4.84. The van der Waals surface area contributed by atoms with Crippen molar-refractivity contribution in [2.24, 2.45) is 5.92 Å². The number of pyridine rings is 3. The van der Waals surface area contributed by atoms with E-state index in [4.69, 9.17) is 0 Å². The van der Waals surface area contributed by atoms with E-state index in [1.165, 1.54) is 31.2 Å². The number of H-pyrrole nitrogens is 2. The summed E-state index contributed by atoms with van der Waals surface area (Å²) in [5.41, 5.74) is 7.70. The summed E-state index contributed by atoms with van der Waals surface area (Å²) < 4.78 is 0. The van der Waals surface area contributed by atoms with Crippen LogP contribution in [-0.2, 0) is 6.54 Å². The second-order valence-electron chi connectivity index (χ2n) is 8.67. The first-order valence-electron chi connectivity index (χ1n) is 11.3. The summed E-state index contributed by atoms with van der Waals surface area (Å²) in [6, 6.07) is 10.2. The van der Waals surface area contributed by atoms with Crippen LogP contribution in [0.5, 0.6) is 0 Å². The Morgan fingerprint density at radius 2 is 1.94 bits per heavy atom. The Morgan fingerprint density at radius 1 is 1.00 bits per heavy atom. The van der Waals surface area contributed by atoms with Crippen molar-refractivity contribution in [3.05, 3.63) is 60.7 Å². The summed E-state index contributed by atoms with van der Waals surface area (Å²) in [4.78, 5) is 17.0. The molecule has 5 aromatic rings. The number of hydrogen-bond acceptors (Lipinski definition) is 5. The molecule has 7 heteroatoms. The summed E-state index contributed by atoms with van der Waals surface area (Å²) in [5, 5.41) is 12.3. The van der Waals surface area contributed by atoms with Gasteiger partial charge in [-0.05, 0) is 61.2 Å². The molecule has 5 aromatic heterocycles. The molecular formula is C25H25N7. The fourth-order valence-electron chi connectivity index (χ4n) is 4.72. The van der Waals surface area contributed by atoms with Crippen LogP contribution in [0.2, 0.25) is 0 Å². The van der Waals surface area contributed by atoms with Crippen molar-refractivity contribution in [1.29, 1.82) is 0 Å². The van der Waals surface area contributed by atoms with Crippen molar-refractivity contribution >= 4 is 21.9 Å². The van der Waals surface area contributed by atoms with Crippen LogP contribution in [-0.4, -0.2) is 36.7 Å². The Morgan fingerprint density at radius 3 is 2.84 bits per heavy atom. The maximum absolute atomic E-state index is 4.66. The lowest BCUT2D eigenvalue weighted by Crippen LogP contribution is -2.20. The minimum Gasteiger partial charge on any atom is -0.352 e. The molecule has 7 nitrogen and oxygen atoms in total. The Labute approximate surface area is 185 Å². The first kappa shape index (κ1) is 19.1. The van der Waals surface area contributed by atoms with Gasteiger partial charge in [-0.25, -0.2) is 0 Å². The van der Waals surface area contributed by atoms with E-state index in [1.54, 1.807) is 6.20 Å². The van der Waals surface area contributed by atoms with Crippen molar-refractivity contribution in [3.8, 4) is 22.6 Å². The number of hydrogen-bond donors (Lipinski definition) is 3. The molecule has 1 aliphatic rings. The lowest BCUT2D eigenvalue weighted by molar-refractivity contribution is 0.489. The molecule has 1 fully saturated rings. The van der Waals surface area contributed by atoms with Crippen LogP contribution in [0.1, 0.15) is 31.2 Å². The van der Waals surface area contributed by atoms with Crippen molar-refractivity contribution in [2.75, 3.05) is 6.54 Å². The quantitative estimate of drug-likeness (QED) is 0.363. The fourth-order valence-corrected chi connectivity index (χ4v) is 4.72. The van der Waals surface area contributed by atoms with Gasteiger partial charge in [-0.3, -0.25) is 20.1 Å². The van der Waals surface area contributed by atoms with Crippen LogP contribution in [0.4, 0.5) is 0 Å². The van der Waals surface area contributed by atoms with Gasteiger partial charge in [-0.15, -0.1) is 0 Å². The van der Waals surface area contributed by atoms with Crippen LogP contribution in [0.15, 0.2) is 55.1 Å². The normalized spacial score (nSPS) is 14.6. The SMILES string of the molecule is c1cnc2cc(-c3n[nH]c4cnc(-c5cncc(CNCC6CCCC6)c5)cc34)[nH]c2c1. The molecule has 0 radical (unpaired) electrons. The van der Waals surface area contributed by atoms with Crippen LogP contribution in [0.3, 0.4) is 0 Å². The molecule has 0 spiro atoms. The minimum atomic E-state index is 0.828. The van der Waals surface area contributed by atoms with Gasteiger partial charge in [0.2, 0.25) is 0 Å². The summed E-state index contributed by atoms with van der Waals surface area (Å²) in [6.07, 6.45) is 12.9. The first-order valence-corrected chi connectivity index (χ1v) is 11.3. The third kappa shape index (κ3) is 3.65. The fraction of sp³-hybridized carbons (Fsp3) is 0.280. The standard InChI is InChI=1S/C25H25N7/c1-2-5-16(4-1)11-26-12-17-8-18(14-27-13-17)21-9-19-24(15-29-21)31-32-25(19)23-10-22-20(30-23)6-3-7-28-22/h3,6-10,13-16,26,30H,1-2,4-5,11-12H2,(H,31,32). The van der Waals surface area contributed by atoms with Gasteiger partial charge in [0.15, 0.2) is 0 Å². The first-order chi connectivity index (χ1) is 15.8.